The Kier molecular flexibility index (Phi) is 2.63. The smallest absolute Gasteiger partial charge is 0.282 e. The van der Waals surface area contributed by atoms with Gasteiger partial charge in [-0.05, 0) is 37.6 Å². The van der Waals surface area contributed by atoms with Crippen LogP contribution in [0.5, 0.6) is 0 Å². The Morgan fingerprint density at radius 3 is 2.86 bits per heavy atom. The molecule has 0 unspecified atom stereocenters. The van der Waals surface area contributed by atoms with E-state index in [9.17, 15) is 4.79 Å². The maximum absolute atomic E-state index is 12.6. The van der Waals surface area contributed by atoms with Crippen molar-refractivity contribution in [3.8, 4) is 16.9 Å². The molecular formula is C17H14N4O. The molecule has 0 spiro atoms. The molecule has 2 aliphatic rings. The fourth-order valence-electron chi connectivity index (χ4n) is 2.70. The van der Waals surface area contributed by atoms with Crippen LogP contribution in [0.15, 0.2) is 47.5 Å². The summed E-state index contributed by atoms with van der Waals surface area (Å²) in [6.45, 7) is 3.93. The van der Waals surface area contributed by atoms with Crippen molar-refractivity contribution < 1.29 is 0 Å². The average molecular weight is 290 g/mol. The molecule has 3 heterocycles. The van der Waals surface area contributed by atoms with E-state index in [1.54, 1.807) is 12.4 Å². The predicted octanol–water partition coefficient (Wildman–Crippen LogP) is 2.83. The van der Waals surface area contributed by atoms with Crippen LogP contribution in [0.25, 0.3) is 27.8 Å². The Hall–Kier alpha value is -2.95. The van der Waals surface area contributed by atoms with Gasteiger partial charge in [-0.1, -0.05) is 12.1 Å². The molecule has 0 saturated heterocycles. The van der Waals surface area contributed by atoms with Crippen LogP contribution in [0.3, 0.4) is 0 Å². The summed E-state index contributed by atoms with van der Waals surface area (Å²) in [5.74, 6) is 0. The number of nitrogens with zero attached hydrogens (tertiary/aromatic N) is 3. The molecule has 0 saturated carbocycles. The molecule has 2 aromatic rings. The number of H-pyrrole nitrogens is 1. The first kappa shape index (κ1) is 12.8. The molecular weight excluding hydrogens is 276 g/mol. The second-order valence-electron chi connectivity index (χ2n) is 5.48. The van der Waals surface area contributed by atoms with Gasteiger partial charge in [-0.2, -0.15) is 9.78 Å². The number of aromatic nitrogens is 4. The lowest BCUT2D eigenvalue weighted by molar-refractivity contribution is 0.857. The van der Waals surface area contributed by atoms with Gasteiger partial charge in [0.25, 0.3) is 5.56 Å². The minimum Gasteiger partial charge on any atom is -0.360 e. The van der Waals surface area contributed by atoms with E-state index in [1.165, 1.54) is 4.68 Å². The Morgan fingerprint density at radius 2 is 2.05 bits per heavy atom. The number of nitrogens with one attached hydrogen (secondary N) is 1. The first-order valence-electron chi connectivity index (χ1n) is 7.07. The topological polar surface area (TPSA) is 63.6 Å². The molecule has 22 heavy (non-hydrogen) atoms. The number of rotatable bonds is 1. The molecule has 108 valence electrons. The largest absolute Gasteiger partial charge is 0.360 e. The summed E-state index contributed by atoms with van der Waals surface area (Å²) >= 11 is 0. The van der Waals surface area contributed by atoms with Gasteiger partial charge < -0.3 is 4.98 Å². The lowest BCUT2D eigenvalue weighted by Gasteiger charge is -2.02. The van der Waals surface area contributed by atoms with Gasteiger partial charge in [-0.25, -0.2) is 0 Å². The number of pyridine rings is 2. The summed E-state index contributed by atoms with van der Waals surface area (Å²) in [7, 11) is 0. The standard InChI is InChI=1S/C17H14N4O/c1-10-4-3-5-12(6-10)21-17(22)14-9-19-15-7-11(2)18-8-13(15)16(14)20-21/h3-9,19H,1-2H3. The lowest BCUT2D eigenvalue weighted by atomic mass is 10.1. The van der Waals surface area contributed by atoms with Crippen molar-refractivity contribution in [3.63, 3.8) is 0 Å². The number of benzene rings is 1. The van der Waals surface area contributed by atoms with Crippen LogP contribution in [-0.2, 0) is 0 Å². The minimum absolute atomic E-state index is 0.126. The molecule has 5 heteroatoms. The molecule has 0 bridgehead atoms. The van der Waals surface area contributed by atoms with E-state index in [4.69, 9.17) is 0 Å². The third kappa shape index (κ3) is 1.83. The highest BCUT2D eigenvalue weighted by Gasteiger charge is 2.19. The van der Waals surface area contributed by atoms with Crippen LogP contribution in [-0.4, -0.2) is 19.7 Å². The Bertz CT molecular complexity index is 1030. The highest BCUT2D eigenvalue weighted by molar-refractivity contribution is 5.92. The van der Waals surface area contributed by atoms with E-state index in [0.717, 1.165) is 27.8 Å². The molecule has 0 aliphatic carbocycles. The van der Waals surface area contributed by atoms with Gasteiger partial charge in [0.2, 0.25) is 0 Å². The number of aryl methyl sites for hydroxylation is 2. The van der Waals surface area contributed by atoms with Crippen LogP contribution in [0.1, 0.15) is 11.3 Å². The summed E-state index contributed by atoms with van der Waals surface area (Å²) in [5, 5.41) is 5.38. The predicted molar refractivity (Wildman–Crippen MR) is 85.6 cm³/mol. The SMILES string of the molecule is Cc1cccc(-n2nc3c4cnc(C)cc4[nH]cc-3c2=O)c1. The Balaban J connectivity index is 2.06. The van der Waals surface area contributed by atoms with Crippen molar-refractivity contribution >= 4 is 10.9 Å². The summed E-state index contributed by atoms with van der Waals surface area (Å²) in [6, 6.07) is 9.69. The monoisotopic (exact) mass is 290 g/mol. The van der Waals surface area contributed by atoms with Gasteiger partial charge in [0.1, 0.15) is 5.69 Å². The third-order valence-corrected chi connectivity index (χ3v) is 3.79. The lowest BCUT2D eigenvalue weighted by Crippen LogP contribution is -2.14. The molecule has 4 rings (SSSR count). The van der Waals surface area contributed by atoms with E-state index < -0.39 is 0 Å². The molecule has 2 aliphatic heterocycles. The fourth-order valence-corrected chi connectivity index (χ4v) is 2.70. The van der Waals surface area contributed by atoms with E-state index in [1.807, 2.05) is 44.2 Å². The zero-order valence-corrected chi connectivity index (χ0v) is 12.3. The number of hydrogen-bond acceptors (Lipinski definition) is 3. The molecule has 0 fully saturated rings. The van der Waals surface area contributed by atoms with Crippen molar-refractivity contribution in [1.82, 2.24) is 19.7 Å². The summed E-state index contributed by atoms with van der Waals surface area (Å²) < 4.78 is 1.45. The normalized spacial score (nSPS) is 11.4. The molecule has 1 N–H and O–H groups in total. The molecule has 1 aromatic heterocycles. The summed E-state index contributed by atoms with van der Waals surface area (Å²) in [6.07, 6.45) is 3.48. The van der Waals surface area contributed by atoms with E-state index in [0.29, 0.717) is 11.3 Å². The first-order chi connectivity index (χ1) is 10.6. The van der Waals surface area contributed by atoms with Crippen LogP contribution < -0.4 is 5.56 Å². The molecule has 0 amide bonds. The van der Waals surface area contributed by atoms with Crippen molar-refractivity contribution in [2.75, 3.05) is 0 Å². The Labute approximate surface area is 126 Å². The third-order valence-electron chi connectivity index (χ3n) is 3.79. The van der Waals surface area contributed by atoms with Crippen molar-refractivity contribution in [2.24, 2.45) is 0 Å². The maximum Gasteiger partial charge on any atom is 0.282 e. The minimum atomic E-state index is -0.126. The number of aromatic amines is 1. The van der Waals surface area contributed by atoms with Gasteiger partial charge in [-0.3, -0.25) is 9.78 Å². The quantitative estimate of drug-likeness (QED) is 0.586. The van der Waals surface area contributed by atoms with Crippen LogP contribution in [0.4, 0.5) is 0 Å². The first-order valence-corrected chi connectivity index (χ1v) is 7.07. The second kappa shape index (κ2) is 4.53. The summed E-state index contributed by atoms with van der Waals surface area (Å²) in [5.41, 5.74) is 4.82. The van der Waals surface area contributed by atoms with Crippen LogP contribution >= 0.6 is 0 Å². The van der Waals surface area contributed by atoms with Crippen LogP contribution in [0.2, 0.25) is 0 Å². The van der Waals surface area contributed by atoms with Crippen LogP contribution in [0, 0.1) is 13.8 Å². The molecule has 0 radical (unpaired) electrons. The van der Waals surface area contributed by atoms with E-state index in [-0.39, 0.29) is 5.56 Å². The zero-order chi connectivity index (χ0) is 15.3. The second-order valence-corrected chi connectivity index (χ2v) is 5.48. The van der Waals surface area contributed by atoms with Crippen molar-refractivity contribution in [2.45, 2.75) is 13.8 Å². The van der Waals surface area contributed by atoms with E-state index in [2.05, 4.69) is 15.1 Å². The molecule has 0 atom stereocenters. The van der Waals surface area contributed by atoms with Gasteiger partial charge in [0.15, 0.2) is 0 Å². The van der Waals surface area contributed by atoms with Gasteiger partial charge >= 0.3 is 0 Å². The average Bonchev–Trinajstić information content (AvgIpc) is 2.84. The fraction of sp³-hybridized carbons (Fsp3) is 0.118. The highest BCUT2D eigenvalue weighted by Crippen LogP contribution is 2.25. The highest BCUT2D eigenvalue weighted by atomic mass is 16.1. The number of fused-ring (bicyclic) bond motifs is 3. The van der Waals surface area contributed by atoms with E-state index >= 15 is 0 Å². The Morgan fingerprint density at radius 1 is 1.18 bits per heavy atom. The number of hydrogen-bond donors (Lipinski definition) is 1. The zero-order valence-electron chi connectivity index (χ0n) is 12.3. The maximum atomic E-state index is 12.6. The molecule has 5 nitrogen and oxygen atoms in total. The van der Waals surface area contributed by atoms with Crippen molar-refractivity contribution in [3.05, 3.63) is 64.3 Å². The van der Waals surface area contributed by atoms with Crippen molar-refractivity contribution in [1.29, 1.82) is 0 Å². The van der Waals surface area contributed by atoms with Gasteiger partial charge in [0.05, 0.1) is 16.8 Å². The molecule has 1 aromatic carbocycles. The van der Waals surface area contributed by atoms with Gasteiger partial charge in [-0.15, -0.1) is 0 Å². The summed E-state index contributed by atoms with van der Waals surface area (Å²) in [4.78, 5) is 20.1. The van der Waals surface area contributed by atoms with Gasteiger partial charge in [0, 0.05) is 23.5 Å².